The second-order valence-corrected chi connectivity index (χ2v) is 9.14. The molecule has 2 heterocycles. The molecule has 0 unspecified atom stereocenters. The van der Waals surface area contributed by atoms with E-state index >= 15 is 0 Å². The number of carbonyl (C=O) groups excluding carboxylic acids is 1. The molecule has 0 spiro atoms. The number of likely N-dealkylation sites (N-methyl/N-ethyl adjacent to an activating group) is 1. The smallest absolute Gasteiger partial charge is 0.244 e. The van der Waals surface area contributed by atoms with Crippen molar-refractivity contribution in [1.29, 1.82) is 0 Å². The van der Waals surface area contributed by atoms with E-state index in [1.54, 1.807) is 23.6 Å². The molecule has 1 aromatic heterocycles. The number of aromatic nitrogens is 3. The normalized spacial score (nSPS) is 19.4. The molecule has 2 N–H and O–H groups in total. The highest BCUT2D eigenvalue weighted by molar-refractivity contribution is 7.91. The van der Waals surface area contributed by atoms with Crippen LogP contribution in [0.5, 0.6) is 0 Å². The first kappa shape index (κ1) is 18.9. The Morgan fingerprint density at radius 3 is 2.50 bits per heavy atom. The summed E-state index contributed by atoms with van der Waals surface area (Å²) in [6, 6.07) is -0.336. The summed E-state index contributed by atoms with van der Waals surface area (Å²) in [7, 11) is -1.22. The fraction of sp³-hybridized carbons (Fsp3) is 0.800. The first-order valence-electron chi connectivity index (χ1n) is 8.23. The molecule has 0 radical (unpaired) electrons. The van der Waals surface area contributed by atoms with E-state index in [9.17, 15) is 13.2 Å². The van der Waals surface area contributed by atoms with Gasteiger partial charge in [-0.2, -0.15) is 5.10 Å². The van der Waals surface area contributed by atoms with Crippen LogP contribution in [0, 0.1) is 12.8 Å². The predicted octanol–water partition coefficient (Wildman–Crippen LogP) is 0.278. The third-order valence-corrected chi connectivity index (χ3v) is 6.29. The number of carbonyl (C=O) groups is 1. The summed E-state index contributed by atoms with van der Waals surface area (Å²) in [4.78, 5) is 18.6. The molecule has 1 aliphatic rings. The van der Waals surface area contributed by atoms with Crippen molar-refractivity contribution >= 4 is 15.7 Å². The maximum absolute atomic E-state index is 12.6. The van der Waals surface area contributed by atoms with Crippen LogP contribution in [0.4, 0.5) is 0 Å². The number of rotatable bonds is 5. The van der Waals surface area contributed by atoms with Gasteiger partial charge in [0.15, 0.2) is 0 Å². The Balaban J connectivity index is 2.07. The van der Waals surface area contributed by atoms with Gasteiger partial charge in [0.05, 0.1) is 17.5 Å². The number of sulfone groups is 1. The number of hydrogen-bond acceptors (Lipinski definition) is 6. The van der Waals surface area contributed by atoms with Gasteiger partial charge in [0.1, 0.15) is 28.0 Å². The zero-order valence-corrected chi connectivity index (χ0v) is 15.6. The molecule has 0 aliphatic carbocycles. The summed E-state index contributed by atoms with van der Waals surface area (Å²) in [5.41, 5.74) is 6.16. The molecular weight excluding hydrogens is 330 g/mol. The molecule has 2 rings (SSSR count). The average molecular weight is 357 g/mol. The summed E-state index contributed by atoms with van der Waals surface area (Å²) >= 11 is 0. The average Bonchev–Trinajstić information content (AvgIpc) is 2.86. The van der Waals surface area contributed by atoms with E-state index in [4.69, 9.17) is 5.73 Å². The highest BCUT2D eigenvalue weighted by Gasteiger charge is 2.29. The van der Waals surface area contributed by atoms with Crippen LogP contribution >= 0.6 is 0 Å². The van der Waals surface area contributed by atoms with Gasteiger partial charge in [-0.3, -0.25) is 4.79 Å². The van der Waals surface area contributed by atoms with Gasteiger partial charge in [-0.25, -0.2) is 18.1 Å². The minimum atomic E-state index is -2.94. The van der Waals surface area contributed by atoms with Crippen LogP contribution in [0.25, 0.3) is 0 Å². The largest absolute Gasteiger partial charge is 0.341 e. The minimum absolute atomic E-state index is 0.0483. The van der Waals surface area contributed by atoms with Crippen LogP contribution in [-0.2, 0) is 21.2 Å². The molecule has 9 heteroatoms. The van der Waals surface area contributed by atoms with Gasteiger partial charge >= 0.3 is 0 Å². The number of aryl methyl sites for hydroxylation is 1. The molecule has 0 saturated carbocycles. The predicted molar refractivity (Wildman–Crippen MR) is 91.0 cm³/mol. The van der Waals surface area contributed by atoms with E-state index in [1.807, 2.05) is 13.8 Å². The highest BCUT2D eigenvalue weighted by Crippen LogP contribution is 2.19. The maximum Gasteiger partial charge on any atom is 0.244 e. The van der Waals surface area contributed by atoms with Crippen LogP contribution in [0.3, 0.4) is 0 Å². The molecule has 8 nitrogen and oxygen atoms in total. The quantitative estimate of drug-likeness (QED) is 0.810. The monoisotopic (exact) mass is 357 g/mol. The van der Waals surface area contributed by atoms with Gasteiger partial charge in [0, 0.05) is 13.1 Å². The molecule has 136 valence electrons. The van der Waals surface area contributed by atoms with Crippen LogP contribution in [0.2, 0.25) is 0 Å². The Labute approximate surface area is 143 Å². The lowest BCUT2D eigenvalue weighted by Crippen LogP contribution is -2.44. The van der Waals surface area contributed by atoms with Gasteiger partial charge in [0.2, 0.25) is 5.91 Å². The Morgan fingerprint density at radius 1 is 1.38 bits per heavy atom. The van der Waals surface area contributed by atoms with Crippen LogP contribution in [0.15, 0.2) is 0 Å². The summed E-state index contributed by atoms with van der Waals surface area (Å²) in [5, 5.41) is 4.29. The van der Waals surface area contributed by atoms with Crippen LogP contribution in [0.1, 0.15) is 44.4 Å². The summed E-state index contributed by atoms with van der Waals surface area (Å²) in [6.07, 6.45) is 0.971. The molecule has 1 aromatic rings. The number of nitrogens with zero attached hydrogens (tertiary/aromatic N) is 4. The van der Waals surface area contributed by atoms with Crippen molar-refractivity contribution < 1.29 is 13.2 Å². The Hall–Kier alpha value is -1.48. The van der Waals surface area contributed by atoms with Crippen molar-refractivity contribution in [3.8, 4) is 0 Å². The SMILES string of the molecule is Cc1nc([C@@H](N)C(C)C)n(CC(=O)N(C)C2CCS(=O)(=O)CC2)n1. The zero-order valence-electron chi connectivity index (χ0n) is 14.8. The second kappa shape index (κ2) is 7.18. The Kier molecular flexibility index (Phi) is 5.64. The first-order chi connectivity index (χ1) is 11.1. The van der Waals surface area contributed by atoms with Crippen LogP contribution < -0.4 is 5.73 Å². The lowest BCUT2D eigenvalue weighted by Gasteiger charge is -2.31. The van der Waals surface area contributed by atoms with Gasteiger partial charge in [-0.1, -0.05) is 13.8 Å². The maximum atomic E-state index is 12.6. The third kappa shape index (κ3) is 4.32. The molecular formula is C15H27N5O3S. The molecule has 1 fully saturated rings. The summed E-state index contributed by atoms with van der Waals surface area (Å²) < 4.78 is 24.6. The van der Waals surface area contributed by atoms with Crippen molar-refractivity contribution in [3.63, 3.8) is 0 Å². The second-order valence-electron chi connectivity index (χ2n) is 6.83. The van der Waals surface area contributed by atoms with Gasteiger partial charge < -0.3 is 10.6 Å². The molecule has 1 atom stereocenters. The van der Waals surface area contributed by atoms with Gasteiger partial charge in [0.25, 0.3) is 0 Å². The molecule has 1 amide bonds. The van der Waals surface area contributed by atoms with Crippen molar-refractivity contribution in [1.82, 2.24) is 19.7 Å². The third-order valence-electron chi connectivity index (χ3n) is 4.57. The topological polar surface area (TPSA) is 111 Å². The molecule has 0 aromatic carbocycles. The van der Waals surface area contributed by atoms with Crippen LogP contribution in [-0.4, -0.2) is 58.6 Å². The van der Waals surface area contributed by atoms with E-state index in [1.165, 1.54) is 0 Å². The Bertz CT molecular complexity index is 684. The highest BCUT2D eigenvalue weighted by atomic mass is 32.2. The zero-order chi connectivity index (χ0) is 18.1. The lowest BCUT2D eigenvalue weighted by molar-refractivity contribution is -0.133. The van der Waals surface area contributed by atoms with Gasteiger partial charge in [-0.15, -0.1) is 0 Å². The van der Waals surface area contributed by atoms with Crippen molar-refractivity contribution in [2.75, 3.05) is 18.6 Å². The minimum Gasteiger partial charge on any atom is -0.341 e. The first-order valence-corrected chi connectivity index (χ1v) is 10.1. The van der Waals surface area contributed by atoms with Crippen molar-refractivity contribution in [2.45, 2.75) is 52.2 Å². The van der Waals surface area contributed by atoms with E-state index in [0.29, 0.717) is 24.5 Å². The summed E-state index contributed by atoms with van der Waals surface area (Å²) in [5.74, 6) is 1.54. The lowest BCUT2D eigenvalue weighted by atomic mass is 10.1. The molecule has 24 heavy (non-hydrogen) atoms. The van der Waals surface area contributed by atoms with E-state index in [-0.39, 0.29) is 42.0 Å². The molecule has 1 saturated heterocycles. The fourth-order valence-corrected chi connectivity index (χ4v) is 4.31. The van der Waals surface area contributed by atoms with Crippen molar-refractivity contribution in [2.24, 2.45) is 11.7 Å². The van der Waals surface area contributed by atoms with E-state index in [0.717, 1.165) is 0 Å². The van der Waals surface area contributed by atoms with E-state index < -0.39 is 9.84 Å². The number of nitrogens with two attached hydrogens (primary N) is 1. The Morgan fingerprint density at radius 2 is 1.96 bits per heavy atom. The van der Waals surface area contributed by atoms with Gasteiger partial charge in [-0.05, 0) is 25.7 Å². The van der Waals surface area contributed by atoms with Crippen molar-refractivity contribution in [3.05, 3.63) is 11.6 Å². The molecule has 1 aliphatic heterocycles. The standard InChI is InChI=1S/C15H27N5O3S/c1-10(2)14(16)15-17-11(3)18-20(15)9-13(21)19(4)12-5-7-24(22,23)8-6-12/h10,12,14H,5-9,16H2,1-4H3/t14-/m0/s1. The number of hydrogen-bond donors (Lipinski definition) is 1. The molecule has 0 bridgehead atoms. The summed E-state index contributed by atoms with van der Waals surface area (Å²) in [6.45, 7) is 5.83. The van der Waals surface area contributed by atoms with E-state index in [2.05, 4.69) is 10.1 Å². The fourth-order valence-electron chi connectivity index (χ4n) is 2.84. The number of amides is 1.